The highest BCUT2D eigenvalue weighted by Crippen LogP contribution is 2.26. The van der Waals surface area contributed by atoms with Gasteiger partial charge < -0.3 is 9.73 Å². The van der Waals surface area contributed by atoms with Crippen molar-refractivity contribution in [3.8, 4) is 11.5 Å². The van der Waals surface area contributed by atoms with Crippen LogP contribution in [0.4, 0.5) is 0 Å². The van der Waals surface area contributed by atoms with E-state index in [9.17, 15) is 4.79 Å². The van der Waals surface area contributed by atoms with Gasteiger partial charge in [-0.1, -0.05) is 18.2 Å². The molecule has 0 bridgehead atoms. The van der Waals surface area contributed by atoms with E-state index in [4.69, 9.17) is 9.40 Å². The second kappa shape index (κ2) is 6.61. The highest BCUT2D eigenvalue weighted by atomic mass is 16.4. The lowest BCUT2D eigenvalue weighted by Gasteiger charge is -2.42. The average Bonchev–Trinajstić information content (AvgIpc) is 2.96. The Hall–Kier alpha value is -2.18. The molecule has 2 fully saturated rings. The Morgan fingerprint density at radius 1 is 1.24 bits per heavy atom. The number of carbonyl (C=O) groups excluding carboxylic acids is 1. The van der Waals surface area contributed by atoms with Gasteiger partial charge in [-0.05, 0) is 25.5 Å². The molecular weight excluding hydrogens is 316 g/mol. The van der Waals surface area contributed by atoms with Gasteiger partial charge in [0.05, 0.1) is 5.69 Å². The number of benzene rings is 1. The van der Waals surface area contributed by atoms with Crippen LogP contribution in [0.25, 0.3) is 11.5 Å². The smallest absolute Gasteiger partial charge is 0.238 e. The van der Waals surface area contributed by atoms with Crippen LogP contribution in [0.15, 0.2) is 28.7 Å². The van der Waals surface area contributed by atoms with E-state index in [0.717, 1.165) is 61.8 Å². The summed E-state index contributed by atoms with van der Waals surface area (Å²) in [5.74, 6) is 1.68. The monoisotopic (exact) mass is 340 g/mol. The highest BCUT2D eigenvalue weighted by Gasteiger charge is 2.35. The summed E-state index contributed by atoms with van der Waals surface area (Å²) in [7, 11) is 0. The molecular formula is C19H24N4O2. The highest BCUT2D eigenvalue weighted by molar-refractivity contribution is 5.82. The Morgan fingerprint density at radius 3 is 2.92 bits per heavy atom. The number of amides is 1. The Labute approximate surface area is 147 Å². The minimum Gasteiger partial charge on any atom is -0.441 e. The lowest BCUT2D eigenvalue weighted by Crippen LogP contribution is -2.63. The van der Waals surface area contributed by atoms with Crippen molar-refractivity contribution in [1.82, 2.24) is 20.1 Å². The van der Waals surface area contributed by atoms with E-state index >= 15 is 0 Å². The van der Waals surface area contributed by atoms with Crippen molar-refractivity contribution in [2.45, 2.75) is 26.4 Å². The molecule has 0 saturated carbocycles. The quantitative estimate of drug-likeness (QED) is 0.919. The topological polar surface area (TPSA) is 61.6 Å². The number of oxazole rings is 1. The number of nitrogens with zero attached hydrogens (tertiary/aromatic N) is 3. The lowest BCUT2D eigenvalue weighted by atomic mass is 10.1. The summed E-state index contributed by atoms with van der Waals surface area (Å²) < 4.78 is 5.92. The molecule has 0 spiro atoms. The molecule has 1 aromatic heterocycles. The number of fused-ring (bicyclic) bond motifs is 1. The molecule has 2 aliphatic rings. The molecule has 2 aliphatic heterocycles. The lowest BCUT2D eigenvalue weighted by molar-refractivity contribution is -0.132. The fraction of sp³-hybridized carbons (Fsp3) is 0.474. The van der Waals surface area contributed by atoms with Crippen LogP contribution >= 0.6 is 0 Å². The summed E-state index contributed by atoms with van der Waals surface area (Å²) in [6, 6.07) is 8.09. The first-order chi connectivity index (χ1) is 12.1. The molecule has 4 rings (SSSR count). The van der Waals surface area contributed by atoms with Gasteiger partial charge in [0.15, 0.2) is 0 Å². The van der Waals surface area contributed by atoms with E-state index in [0.29, 0.717) is 5.89 Å². The second-order valence-corrected chi connectivity index (χ2v) is 6.91. The van der Waals surface area contributed by atoms with E-state index in [2.05, 4.69) is 28.1 Å². The molecule has 1 atom stereocenters. The second-order valence-electron chi connectivity index (χ2n) is 6.91. The van der Waals surface area contributed by atoms with Crippen LogP contribution in [-0.2, 0) is 11.3 Å². The van der Waals surface area contributed by atoms with Crippen molar-refractivity contribution in [3.05, 3.63) is 41.3 Å². The predicted octanol–water partition coefficient (Wildman–Crippen LogP) is 1.57. The van der Waals surface area contributed by atoms with Crippen molar-refractivity contribution in [2.24, 2.45) is 0 Å². The van der Waals surface area contributed by atoms with Crippen LogP contribution in [0.2, 0.25) is 0 Å². The summed E-state index contributed by atoms with van der Waals surface area (Å²) in [6.45, 7) is 9.09. The molecule has 1 aromatic carbocycles. The van der Waals surface area contributed by atoms with E-state index in [1.165, 1.54) is 0 Å². The van der Waals surface area contributed by atoms with Gasteiger partial charge in [-0.25, -0.2) is 4.98 Å². The van der Waals surface area contributed by atoms with Gasteiger partial charge in [0.2, 0.25) is 11.8 Å². The summed E-state index contributed by atoms with van der Waals surface area (Å²) in [5, 5.41) is 2.97. The van der Waals surface area contributed by atoms with Crippen LogP contribution in [0.5, 0.6) is 0 Å². The normalized spacial score (nSPS) is 21.8. The Kier molecular flexibility index (Phi) is 4.31. The Morgan fingerprint density at radius 2 is 2.08 bits per heavy atom. The largest absolute Gasteiger partial charge is 0.441 e. The van der Waals surface area contributed by atoms with Gasteiger partial charge in [0, 0.05) is 44.8 Å². The number of piperazine rings is 2. The molecule has 1 N–H and O–H groups in total. The van der Waals surface area contributed by atoms with Crippen molar-refractivity contribution >= 4 is 5.91 Å². The third kappa shape index (κ3) is 3.19. The molecule has 132 valence electrons. The molecule has 6 nitrogen and oxygen atoms in total. The number of hydrogen-bond donors (Lipinski definition) is 1. The minimum atomic E-state index is -0.0365. The first-order valence-corrected chi connectivity index (χ1v) is 8.88. The van der Waals surface area contributed by atoms with Crippen LogP contribution in [-0.4, -0.2) is 59.5 Å². The summed E-state index contributed by atoms with van der Waals surface area (Å²) in [4.78, 5) is 21.4. The maximum absolute atomic E-state index is 12.1. The first kappa shape index (κ1) is 16.3. The van der Waals surface area contributed by atoms with Crippen molar-refractivity contribution in [2.75, 3.05) is 32.7 Å². The van der Waals surface area contributed by atoms with E-state index in [1.807, 2.05) is 25.1 Å². The van der Waals surface area contributed by atoms with Crippen molar-refractivity contribution in [3.63, 3.8) is 0 Å². The van der Waals surface area contributed by atoms with E-state index in [1.54, 1.807) is 0 Å². The number of aromatic nitrogens is 1. The maximum atomic E-state index is 12.1. The number of rotatable bonds is 3. The van der Waals surface area contributed by atoms with Gasteiger partial charge in [0.25, 0.3) is 0 Å². The molecule has 0 radical (unpaired) electrons. The third-order valence-corrected chi connectivity index (χ3v) is 5.22. The molecule has 2 aromatic rings. The van der Waals surface area contributed by atoms with Gasteiger partial charge in [-0.3, -0.25) is 14.6 Å². The molecule has 0 aliphatic carbocycles. The minimum absolute atomic E-state index is 0.0365. The molecule has 6 heteroatoms. The van der Waals surface area contributed by atoms with E-state index < -0.39 is 0 Å². The van der Waals surface area contributed by atoms with Crippen LogP contribution in [0.1, 0.15) is 17.0 Å². The standard InChI is InChI=1S/C19H24N4O2/c1-13-5-3-4-6-15(13)19-21-16(14(2)25-19)11-22-9-10-23-8-7-20-18(24)17(23)12-22/h3-6,17H,7-12H2,1-2H3,(H,20,24)/t17-/m0/s1. The fourth-order valence-electron chi connectivity index (χ4n) is 3.69. The van der Waals surface area contributed by atoms with Gasteiger partial charge in [-0.2, -0.15) is 0 Å². The molecule has 25 heavy (non-hydrogen) atoms. The Bertz CT molecular complexity index is 785. The zero-order valence-corrected chi connectivity index (χ0v) is 14.8. The van der Waals surface area contributed by atoms with Gasteiger partial charge in [0.1, 0.15) is 11.8 Å². The molecule has 0 unspecified atom stereocenters. The summed E-state index contributed by atoms with van der Waals surface area (Å²) in [6.07, 6.45) is 0. The molecule has 1 amide bonds. The summed E-state index contributed by atoms with van der Waals surface area (Å²) in [5.41, 5.74) is 3.15. The first-order valence-electron chi connectivity index (χ1n) is 8.88. The molecule has 3 heterocycles. The average molecular weight is 340 g/mol. The van der Waals surface area contributed by atoms with Crippen LogP contribution in [0, 0.1) is 13.8 Å². The third-order valence-electron chi connectivity index (χ3n) is 5.22. The number of hydrogen-bond acceptors (Lipinski definition) is 5. The number of aryl methyl sites for hydroxylation is 2. The number of nitrogens with one attached hydrogen (secondary N) is 1. The molecule has 2 saturated heterocycles. The van der Waals surface area contributed by atoms with Crippen molar-refractivity contribution < 1.29 is 9.21 Å². The van der Waals surface area contributed by atoms with Crippen LogP contribution in [0.3, 0.4) is 0 Å². The SMILES string of the molecule is Cc1ccccc1-c1nc(CN2CCN3CCNC(=O)[C@@H]3C2)c(C)o1. The Balaban J connectivity index is 1.50. The zero-order chi connectivity index (χ0) is 17.4. The zero-order valence-electron chi connectivity index (χ0n) is 14.8. The van der Waals surface area contributed by atoms with Gasteiger partial charge in [-0.15, -0.1) is 0 Å². The fourth-order valence-corrected chi connectivity index (χ4v) is 3.69. The van der Waals surface area contributed by atoms with E-state index in [-0.39, 0.29) is 11.9 Å². The van der Waals surface area contributed by atoms with Gasteiger partial charge >= 0.3 is 0 Å². The van der Waals surface area contributed by atoms with Crippen molar-refractivity contribution in [1.29, 1.82) is 0 Å². The predicted molar refractivity (Wildman–Crippen MR) is 95.1 cm³/mol. The number of carbonyl (C=O) groups is 1. The van der Waals surface area contributed by atoms with Crippen LogP contribution < -0.4 is 5.32 Å². The maximum Gasteiger partial charge on any atom is 0.238 e. The summed E-state index contributed by atoms with van der Waals surface area (Å²) >= 11 is 0.